The number of thiophene rings is 1. The molecule has 0 unspecified atom stereocenters. The highest BCUT2D eigenvalue weighted by Crippen LogP contribution is 2.36. The average molecular weight is 347 g/mol. The number of anilines is 1. The lowest BCUT2D eigenvalue weighted by atomic mass is 10.2. The molecular formula is C12H8Cl2N2O2S2. The summed E-state index contributed by atoms with van der Waals surface area (Å²) >= 11 is 12.7. The van der Waals surface area contributed by atoms with Gasteiger partial charge in [0, 0.05) is 7.05 Å². The first-order valence-corrected chi connectivity index (χ1v) is 8.31. The predicted octanol–water partition coefficient (Wildman–Crippen LogP) is 3.75. The van der Waals surface area contributed by atoms with Crippen LogP contribution >= 0.6 is 34.5 Å². The number of halogens is 2. The maximum Gasteiger partial charge on any atom is 0.266 e. The molecule has 0 fully saturated rings. The molecule has 104 valence electrons. The van der Waals surface area contributed by atoms with Gasteiger partial charge in [0.15, 0.2) is 0 Å². The first kappa shape index (κ1) is 15.1. The van der Waals surface area contributed by atoms with E-state index in [2.05, 4.69) is 0 Å². The van der Waals surface area contributed by atoms with Crippen LogP contribution in [-0.4, -0.2) is 15.5 Å². The second-order valence-electron chi connectivity index (χ2n) is 3.82. The summed E-state index contributed by atoms with van der Waals surface area (Å²) in [5.41, 5.74) is 0.751. The molecule has 0 amide bonds. The molecular weight excluding hydrogens is 339 g/mol. The van der Waals surface area contributed by atoms with Gasteiger partial charge in [0.2, 0.25) is 0 Å². The molecule has 0 atom stereocenters. The van der Waals surface area contributed by atoms with Gasteiger partial charge in [0.1, 0.15) is 9.23 Å². The summed E-state index contributed by atoms with van der Waals surface area (Å²) < 4.78 is 26.4. The minimum Gasteiger partial charge on any atom is -0.269 e. The van der Waals surface area contributed by atoms with Gasteiger partial charge in [-0.2, -0.15) is 5.26 Å². The maximum atomic E-state index is 12.5. The Labute approximate surface area is 130 Å². The third-order valence-corrected chi connectivity index (χ3v) is 6.14. The monoisotopic (exact) mass is 346 g/mol. The topological polar surface area (TPSA) is 61.2 Å². The van der Waals surface area contributed by atoms with E-state index in [0.717, 1.165) is 15.6 Å². The van der Waals surface area contributed by atoms with Crippen molar-refractivity contribution < 1.29 is 8.42 Å². The standard InChI is InChI=1S/C12H8Cl2N2O2S2/c1-16(9-4-2-3-8(5-9)7-15)20(17,18)10-6-11(13)19-12(10)14/h2-6H,1H3. The second-order valence-corrected chi connectivity index (χ2v) is 8.05. The first-order valence-electron chi connectivity index (χ1n) is 5.30. The Kier molecular flexibility index (Phi) is 4.25. The molecule has 0 saturated carbocycles. The van der Waals surface area contributed by atoms with Gasteiger partial charge in [-0.3, -0.25) is 4.31 Å². The Balaban J connectivity index is 2.49. The van der Waals surface area contributed by atoms with Crippen molar-refractivity contribution in [1.82, 2.24) is 0 Å². The third-order valence-electron chi connectivity index (χ3n) is 2.60. The molecule has 0 aliphatic carbocycles. The molecule has 4 nitrogen and oxygen atoms in total. The van der Waals surface area contributed by atoms with Crippen molar-refractivity contribution in [3.8, 4) is 6.07 Å². The molecule has 2 aromatic rings. The Morgan fingerprint density at radius 1 is 1.30 bits per heavy atom. The second kappa shape index (κ2) is 5.62. The van der Waals surface area contributed by atoms with Crippen molar-refractivity contribution in [2.75, 3.05) is 11.4 Å². The number of benzene rings is 1. The van der Waals surface area contributed by atoms with Crippen LogP contribution in [0.15, 0.2) is 35.2 Å². The number of nitriles is 1. The summed E-state index contributed by atoms with van der Waals surface area (Å²) in [6.45, 7) is 0. The fourth-order valence-electron chi connectivity index (χ4n) is 1.56. The molecule has 2 rings (SSSR count). The minimum absolute atomic E-state index is 0.0426. The third kappa shape index (κ3) is 2.76. The van der Waals surface area contributed by atoms with Crippen LogP contribution in [0.5, 0.6) is 0 Å². The Hall–Kier alpha value is -1.26. The van der Waals surface area contributed by atoms with Crippen LogP contribution in [0.4, 0.5) is 5.69 Å². The summed E-state index contributed by atoms with van der Waals surface area (Å²) in [6.07, 6.45) is 0. The van der Waals surface area contributed by atoms with E-state index in [4.69, 9.17) is 28.5 Å². The first-order chi connectivity index (χ1) is 9.36. The fourth-order valence-corrected chi connectivity index (χ4v) is 4.86. The number of hydrogen-bond acceptors (Lipinski definition) is 4. The van der Waals surface area contributed by atoms with Crippen LogP contribution in [-0.2, 0) is 10.0 Å². The largest absolute Gasteiger partial charge is 0.269 e. The van der Waals surface area contributed by atoms with Gasteiger partial charge in [0.05, 0.1) is 21.7 Å². The lowest BCUT2D eigenvalue weighted by molar-refractivity contribution is 0.595. The zero-order chi connectivity index (χ0) is 14.9. The minimum atomic E-state index is -3.81. The zero-order valence-electron chi connectivity index (χ0n) is 10.2. The molecule has 20 heavy (non-hydrogen) atoms. The van der Waals surface area contributed by atoms with Gasteiger partial charge in [-0.15, -0.1) is 11.3 Å². The number of sulfonamides is 1. The van der Waals surface area contributed by atoms with Crippen molar-refractivity contribution >= 4 is 50.2 Å². The summed E-state index contributed by atoms with van der Waals surface area (Å²) in [5.74, 6) is 0. The Morgan fingerprint density at radius 3 is 2.55 bits per heavy atom. The van der Waals surface area contributed by atoms with Crippen molar-refractivity contribution in [1.29, 1.82) is 5.26 Å². The molecule has 0 N–H and O–H groups in total. The highest BCUT2D eigenvalue weighted by Gasteiger charge is 2.26. The number of rotatable bonds is 3. The smallest absolute Gasteiger partial charge is 0.266 e. The fraction of sp³-hybridized carbons (Fsp3) is 0.0833. The van der Waals surface area contributed by atoms with Gasteiger partial charge < -0.3 is 0 Å². The molecule has 0 aliphatic heterocycles. The van der Waals surface area contributed by atoms with E-state index in [1.807, 2.05) is 6.07 Å². The number of hydrogen-bond donors (Lipinski definition) is 0. The highest BCUT2D eigenvalue weighted by molar-refractivity contribution is 7.93. The summed E-state index contributed by atoms with van der Waals surface area (Å²) in [7, 11) is -2.41. The summed E-state index contributed by atoms with van der Waals surface area (Å²) in [4.78, 5) is -0.0426. The van der Waals surface area contributed by atoms with E-state index in [-0.39, 0.29) is 9.23 Å². The van der Waals surface area contributed by atoms with Crippen LogP contribution in [0, 0.1) is 11.3 Å². The van der Waals surface area contributed by atoms with Crippen molar-refractivity contribution in [3.63, 3.8) is 0 Å². The predicted molar refractivity (Wildman–Crippen MR) is 81.1 cm³/mol. The van der Waals surface area contributed by atoms with E-state index in [1.54, 1.807) is 18.2 Å². The normalized spacial score (nSPS) is 11.1. The maximum absolute atomic E-state index is 12.5. The number of nitrogens with zero attached hydrogens (tertiary/aromatic N) is 2. The van der Waals surface area contributed by atoms with Gasteiger partial charge in [-0.1, -0.05) is 29.3 Å². The van der Waals surface area contributed by atoms with E-state index < -0.39 is 10.0 Å². The molecule has 1 aromatic carbocycles. The van der Waals surface area contributed by atoms with Crippen LogP contribution < -0.4 is 4.31 Å². The van der Waals surface area contributed by atoms with Crippen LogP contribution in [0.2, 0.25) is 8.67 Å². The van der Waals surface area contributed by atoms with Gasteiger partial charge in [-0.25, -0.2) is 8.42 Å². The zero-order valence-corrected chi connectivity index (χ0v) is 13.3. The van der Waals surface area contributed by atoms with Crippen molar-refractivity contribution in [2.24, 2.45) is 0 Å². The molecule has 1 aromatic heterocycles. The van der Waals surface area contributed by atoms with E-state index in [9.17, 15) is 8.42 Å². The Morgan fingerprint density at radius 2 is 2.00 bits per heavy atom. The van der Waals surface area contributed by atoms with Crippen molar-refractivity contribution in [2.45, 2.75) is 4.90 Å². The van der Waals surface area contributed by atoms with Crippen LogP contribution in [0.25, 0.3) is 0 Å². The van der Waals surface area contributed by atoms with E-state index >= 15 is 0 Å². The SMILES string of the molecule is CN(c1cccc(C#N)c1)S(=O)(=O)c1cc(Cl)sc1Cl. The van der Waals surface area contributed by atoms with E-state index in [0.29, 0.717) is 15.6 Å². The molecule has 8 heteroatoms. The highest BCUT2D eigenvalue weighted by atomic mass is 35.5. The van der Waals surface area contributed by atoms with Gasteiger partial charge in [-0.05, 0) is 24.3 Å². The lowest BCUT2D eigenvalue weighted by Crippen LogP contribution is -2.26. The quantitative estimate of drug-likeness (QED) is 0.849. The molecule has 0 saturated heterocycles. The van der Waals surface area contributed by atoms with Crippen LogP contribution in [0.3, 0.4) is 0 Å². The van der Waals surface area contributed by atoms with Gasteiger partial charge in [0.25, 0.3) is 10.0 Å². The molecule has 0 spiro atoms. The van der Waals surface area contributed by atoms with Crippen LogP contribution in [0.1, 0.15) is 5.56 Å². The molecule has 0 aliphatic rings. The average Bonchev–Trinajstić information content (AvgIpc) is 2.77. The summed E-state index contributed by atoms with van der Waals surface area (Å²) in [6, 6.07) is 9.57. The molecule has 0 radical (unpaired) electrons. The molecule has 0 bridgehead atoms. The van der Waals surface area contributed by atoms with Crippen molar-refractivity contribution in [3.05, 3.63) is 44.6 Å². The lowest BCUT2D eigenvalue weighted by Gasteiger charge is -2.19. The summed E-state index contributed by atoms with van der Waals surface area (Å²) in [5, 5.41) is 8.86. The van der Waals surface area contributed by atoms with E-state index in [1.165, 1.54) is 19.2 Å². The Bertz CT molecular complexity index is 794. The van der Waals surface area contributed by atoms with Gasteiger partial charge >= 0.3 is 0 Å². The molecule has 1 heterocycles.